The predicted molar refractivity (Wildman–Crippen MR) is 131 cm³/mol. The van der Waals surface area contributed by atoms with Crippen LogP contribution >= 0.6 is 0 Å². The van der Waals surface area contributed by atoms with Gasteiger partial charge in [-0.1, -0.05) is 0 Å². The van der Waals surface area contributed by atoms with Crippen molar-refractivity contribution in [2.24, 2.45) is 7.05 Å². The van der Waals surface area contributed by atoms with Gasteiger partial charge in [0.2, 0.25) is 5.88 Å². The van der Waals surface area contributed by atoms with Crippen LogP contribution in [0.4, 0.5) is 19.0 Å². The highest BCUT2D eigenvalue weighted by Crippen LogP contribution is 2.35. The average Bonchev–Trinajstić information content (AvgIpc) is 2.87. The Morgan fingerprint density at radius 3 is 2.54 bits per heavy atom. The molecular weight excluding hydrogens is 519 g/mol. The van der Waals surface area contributed by atoms with E-state index >= 15 is 4.39 Å². The van der Waals surface area contributed by atoms with E-state index in [-0.39, 0.29) is 51.7 Å². The molecular formula is C26H20F3N5O5. The molecule has 1 aliphatic heterocycles. The summed E-state index contributed by atoms with van der Waals surface area (Å²) in [6, 6.07) is 7.26. The first-order valence-corrected chi connectivity index (χ1v) is 11.5. The van der Waals surface area contributed by atoms with Crippen molar-refractivity contribution in [2.45, 2.75) is 12.8 Å². The van der Waals surface area contributed by atoms with Crippen molar-refractivity contribution < 1.29 is 32.3 Å². The molecule has 2 aromatic heterocycles. The Bertz CT molecular complexity index is 1600. The number of carbonyl (C=O) groups excluding carboxylic acids is 3. The third-order valence-electron chi connectivity index (χ3n) is 5.79. The number of pyridine rings is 2. The lowest BCUT2D eigenvalue weighted by Gasteiger charge is -2.39. The van der Waals surface area contributed by atoms with E-state index < -0.39 is 42.2 Å². The van der Waals surface area contributed by atoms with Crippen LogP contribution in [0.15, 0.2) is 41.3 Å². The summed E-state index contributed by atoms with van der Waals surface area (Å²) in [4.78, 5) is 54.6. The van der Waals surface area contributed by atoms with Crippen LogP contribution in [0.5, 0.6) is 5.88 Å². The van der Waals surface area contributed by atoms with Crippen LogP contribution in [-0.4, -0.2) is 58.2 Å². The van der Waals surface area contributed by atoms with E-state index in [1.165, 1.54) is 25.4 Å². The molecule has 1 saturated heterocycles. The first-order chi connectivity index (χ1) is 18.5. The molecule has 0 unspecified atom stereocenters. The fourth-order valence-corrected chi connectivity index (χ4v) is 4.04. The number of rotatable bonds is 7. The second-order valence-electron chi connectivity index (χ2n) is 8.70. The molecule has 0 spiro atoms. The van der Waals surface area contributed by atoms with Crippen LogP contribution in [0.25, 0.3) is 11.1 Å². The van der Waals surface area contributed by atoms with Crippen molar-refractivity contribution in [3.8, 4) is 23.1 Å². The van der Waals surface area contributed by atoms with Crippen molar-refractivity contribution in [1.82, 2.24) is 14.5 Å². The monoisotopic (exact) mass is 539 g/mol. The van der Waals surface area contributed by atoms with Crippen LogP contribution in [0, 0.1) is 17.1 Å². The van der Waals surface area contributed by atoms with Crippen LogP contribution in [-0.2, 0) is 7.05 Å². The van der Waals surface area contributed by atoms with Crippen molar-refractivity contribution in [3.05, 3.63) is 75.0 Å². The lowest BCUT2D eigenvalue weighted by molar-refractivity contribution is -0.113. The number of amides is 2. The molecule has 0 atom stereocenters. The standard InChI is InChI=1S/C26H20F3N5O5/c1-3-39-21-8-16(7-20(31-21)32-23(36)18-5-15(11-35)10-33(2)24(18)37)22-17(4-14(9-30)6-19(22)27)25(38)34-12-26(28,29)13-34/h4-8,10-11H,3,12-13H2,1-2H3,(H,31,32,36). The lowest BCUT2D eigenvalue weighted by Crippen LogP contribution is -2.58. The number of ether oxygens (including phenoxy) is 1. The minimum Gasteiger partial charge on any atom is -0.478 e. The number of hydrogen-bond acceptors (Lipinski definition) is 7. The summed E-state index contributed by atoms with van der Waals surface area (Å²) in [6.45, 7) is 0.0411. The molecule has 0 bridgehead atoms. The van der Waals surface area contributed by atoms with E-state index in [4.69, 9.17) is 4.74 Å². The van der Waals surface area contributed by atoms with E-state index in [2.05, 4.69) is 10.3 Å². The Hall–Kier alpha value is -4.99. The number of carbonyl (C=O) groups is 3. The zero-order valence-corrected chi connectivity index (χ0v) is 20.6. The summed E-state index contributed by atoms with van der Waals surface area (Å²) < 4.78 is 48.7. The van der Waals surface area contributed by atoms with Crippen molar-refractivity contribution in [2.75, 3.05) is 25.0 Å². The first-order valence-electron chi connectivity index (χ1n) is 11.5. The molecule has 200 valence electrons. The number of nitrogens with one attached hydrogen (secondary N) is 1. The highest BCUT2D eigenvalue weighted by atomic mass is 19.3. The number of aryl methyl sites for hydroxylation is 1. The van der Waals surface area contributed by atoms with E-state index in [1.807, 2.05) is 0 Å². The summed E-state index contributed by atoms with van der Waals surface area (Å²) in [5, 5.41) is 11.7. The number of halogens is 3. The molecule has 1 fully saturated rings. The van der Waals surface area contributed by atoms with Gasteiger partial charge in [0.25, 0.3) is 23.3 Å². The minimum absolute atomic E-state index is 0.0177. The molecule has 13 heteroatoms. The molecule has 0 aliphatic carbocycles. The summed E-state index contributed by atoms with van der Waals surface area (Å²) in [5.41, 5.74) is -1.89. The number of aromatic nitrogens is 2. The molecule has 10 nitrogen and oxygen atoms in total. The zero-order chi connectivity index (χ0) is 28.5. The molecule has 0 saturated carbocycles. The second kappa shape index (κ2) is 10.4. The van der Waals surface area contributed by atoms with Crippen molar-refractivity contribution in [1.29, 1.82) is 5.26 Å². The summed E-state index contributed by atoms with van der Waals surface area (Å²) in [7, 11) is 1.36. The van der Waals surface area contributed by atoms with E-state index in [0.717, 1.165) is 27.7 Å². The zero-order valence-electron chi connectivity index (χ0n) is 20.6. The maximum absolute atomic E-state index is 15.3. The fraction of sp³-hybridized carbons (Fsp3) is 0.231. The third-order valence-corrected chi connectivity index (χ3v) is 5.79. The van der Waals surface area contributed by atoms with Gasteiger partial charge in [-0.05, 0) is 36.8 Å². The molecule has 3 heterocycles. The third kappa shape index (κ3) is 5.49. The highest BCUT2D eigenvalue weighted by molar-refractivity contribution is 6.05. The minimum atomic E-state index is -3.07. The largest absolute Gasteiger partial charge is 0.478 e. The van der Waals surface area contributed by atoms with E-state index in [1.54, 1.807) is 13.0 Å². The van der Waals surface area contributed by atoms with Crippen molar-refractivity contribution in [3.63, 3.8) is 0 Å². The SMILES string of the molecule is CCOc1cc(-c2c(F)cc(C#N)cc2C(=O)N2CC(F)(F)C2)cc(NC(=O)c2cc(C=O)cn(C)c2=O)n1. The van der Waals surface area contributed by atoms with Gasteiger partial charge in [-0.15, -0.1) is 0 Å². The number of hydrogen-bond donors (Lipinski definition) is 1. The van der Waals surface area contributed by atoms with Gasteiger partial charge in [0.05, 0.1) is 36.9 Å². The molecule has 39 heavy (non-hydrogen) atoms. The number of alkyl halides is 2. The van der Waals surface area contributed by atoms with E-state index in [0.29, 0.717) is 6.29 Å². The number of nitriles is 1. The molecule has 0 radical (unpaired) electrons. The molecule has 1 N–H and O–H groups in total. The number of likely N-dealkylation sites (tertiary alicyclic amines) is 1. The molecule has 1 aliphatic rings. The summed E-state index contributed by atoms with van der Waals surface area (Å²) in [5.74, 6) is -6.19. The topological polar surface area (TPSA) is 134 Å². The Labute approximate surface area is 219 Å². The van der Waals surface area contributed by atoms with Gasteiger partial charge in [-0.2, -0.15) is 10.2 Å². The molecule has 2 amide bonds. The van der Waals surface area contributed by atoms with Gasteiger partial charge in [0.15, 0.2) is 6.29 Å². The first kappa shape index (κ1) is 27.1. The smallest absolute Gasteiger partial charge is 0.282 e. The quantitative estimate of drug-likeness (QED) is 0.456. The molecule has 3 aromatic rings. The van der Waals surface area contributed by atoms with Gasteiger partial charge < -0.3 is 19.5 Å². The Balaban J connectivity index is 1.81. The fourth-order valence-electron chi connectivity index (χ4n) is 4.04. The van der Waals surface area contributed by atoms with Crippen LogP contribution in [0.3, 0.4) is 0 Å². The van der Waals surface area contributed by atoms with Crippen LogP contribution in [0.2, 0.25) is 0 Å². The van der Waals surface area contributed by atoms with Crippen LogP contribution in [0.1, 0.15) is 43.6 Å². The lowest BCUT2D eigenvalue weighted by atomic mass is 9.95. The highest BCUT2D eigenvalue weighted by Gasteiger charge is 2.47. The number of aldehydes is 1. The average molecular weight is 539 g/mol. The predicted octanol–water partition coefficient (Wildman–Crippen LogP) is 3.01. The van der Waals surface area contributed by atoms with Gasteiger partial charge >= 0.3 is 0 Å². The van der Waals surface area contributed by atoms with Gasteiger partial charge in [-0.3, -0.25) is 19.2 Å². The Kier molecular flexibility index (Phi) is 7.22. The number of benzene rings is 1. The molecule has 1 aromatic carbocycles. The van der Waals surface area contributed by atoms with Gasteiger partial charge in [0.1, 0.15) is 17.2 Å². The Morgan fingerprint density at radius 1 is 1.21 bits per heavy atom. The number of nitrogens with zero attached hydrogens (tertiary/aromatic N) is 4. The molecule has 4 rings (SSSR count). The normalized spacial score (nSPS) is 13.7. The summed E-state index contributed by atoms with van der Waals surface area (Å²) in [6.07, 6.45) is 1.71. The van der Waals surface area contributed by atoms with Crippen LogP contribution < -0.4 is 15.6 Å². The second-order valence-corrected chi connectivity index (χ2v) is 8.70. The number of anilines is 1. The maximum atomic E-state index is 15.3. The maximum Gasteiger partial charge on any atom is 0.282 e. The van der Waals surface area contributed by atoms with Gasteiger partial charge in [-0.25, -0.2) is 13.2 Å². The van der Waals surface area contributed by atoms with Crippen molar-refractivity contribution >= 4 is 23.9 Å². The summed E-state index contributed by atoms with van der Waals surface area (Å²) >= 11 is 0. The van der Waals surface area contributed by atoms with Gasteiger partial charge in [0, 0.05) is 30.4 Å². The Morgan fingerprint density at radius 2 is 1.92 bits per heavy atom. The van der Waals surface area contributed by atoms with E-state index in [9.17, 15) is 33.2 Å².